The third kappa shape index (κ3) is 3.68. The summed E-state index contributed by atoms with van der Waals surface area (Å²) in [5.41, 5.74) is 6.50. The maximum atomic E-state index is 14.3. The average Bonchev–Trinajstić information content (AvgIpc) is 2.52. The summed E-state index contributed by atoms with van der Waals surface area (Å²) in [4.78, 5) is 12.1. The summed E-state index contributed by atoms with van der Waals surface area (Å²) in [5.74, 6) is -1.06. The van der Waals surface area contributed by atoms with Crippen LogP contribution in [0.1, 0.15) is 12.5 Å². The van der Waals surface area contributed by atoms with Gasteiger partial charge in [-0.25, -0.2) is 13.6 Å². The molecule has 0 atom stereocenters. The van der Waals surface area contributed by atoms with Crippen LogP contribution in [0.25, 0.3) is 0 Å². The third-order valence-electron chi connectivity index (χ3n) is 3.39. The van der Waals surface area contributed by atoms with Crippen molar-refractivity contribution in [1.82, 2.24) is 0 Å². The number of benzene rings is 2. The zero-order chi connectivity index (χ0) is 17.0. The second-order valence-corrected chi connectivity index (χ2v) is 4.87. The van der Waals surface area contributed by atoms with E-state index in [9.17, 15) is 13.6 Å². The van der Waals surface area contributed by atoms with Crippen molar-refractivity contribution in [2.24, 2.45) is 0 Å². The number of halogens is 2. The summed E-state index contributed by atoms with van der Waals surface area (Å²) in [6.07, 6.45) is -1.20. The van der Waals surface area contributed by atoms with Gasteiger partial charge < -0.3 is 16.2 Å². The fourth-order valence-corrected chi connectivity index (χ4v) is 2.16. The van der Waals surface area contributed by atoms with Crippen molar-refractivity contribution in [1.29, 1.82) is 0 Å². The van der Waals surface area contributed by atoms with Crippen molar-refractivity contribution in [3.8, 4) is 0 Å². The lowest BCUT2D eigenvalue weighted by Crippen LogP contribution is -2.29. The lowest BCUT2D eigenvalue weighted by atomic mass is 10.2. The van der Waals surface area contributed by atoms with E-state index in [0.29, 0.717) is 0 Å². The normalized spacial score (nSPS) is 10.4. The van der Waals surface area contributed by atoms with E-state index < -0.39 is 11.9 Å². The molecule has 122 valence electrons. The van der Waals surface area contributed by atoms with E-state index in [1.165, 1.54) is 24.3 Å². The summed E-state index contributed by atoms with van der Waals surface area (Å²) in [6.45, 7) is 2.07. The number of nitrogens with zero attached hydrogens (tertiary/aromatic N) is 1. The molecule has 1 amide bonds. The SMILES string of the molecule is CCN(C(=O)O)c1ccc(NCc2ccc(F)cc2)c(F)c1N. The molecule has 0 spiro atoms. The topological polar surface area (TPSA) is 78.6 Å². The van der Waals surface area contributed by atoms with Crippen LogP contribution in [0.2, 0.25) is 0 Å². The van der Waals surface area contributed by atoms with E-state index >= 15 is 0 Å². The van der Waals surface area contributed by atoms with Gasteiger partial charge in [-0.15, -0.1) is 0 Å². The van der Waals surface area contributed by atoms with E-state index in [-0.39, 0.29) is 36.0 Å². The Kier molecular flexibility index (Phi) is 5.00. The fraction of sp³-hybridized carbons (Fsp3) is 0.188. The standard InChI is InChI=1S/C16H17F2N3O2/c1-2-21(16(22)23)13-8-7-12(14(18)15(13)19)20-9-10-3-5-11(17)6-4-10/h3-8,20H,2,9,19H2,1H3,(H,22,23). The van der Waals surface area contributed by atoms with Gasteiger partial charge in [0.1, 0.15) is 5.82 Å². The number of nitrogens with one attached hydrogen (secondary N) is 1. The first kappa shape index (κ1) is 16.5. The Balaban J connectivity index is 2.19. The predicted octanol–water partition coefficient (Wildman–Crippen LogP) is 3.66. The highest BCUT2D eigenvalue weighted by molar-refractivity contribution is 5.91. The van der Waals surface area contributed by atoms with Crippen LogP contribution < -0.4 is 16.0 Å². The molecule has 0 aliphatic heterocycles. The molecule has 2 aromatic carbocycles. The van der Waals surface area contributed by atoms with Crippen molar-refractivity contribution in [2.45, 2.75) is 13.5 Å². The first-order valence-corrected chi connectivity index (χ1v) is 7.00. The minimum absolute atomic E-state index is 0.102. The monoisotopic (exact) mass is 321 g/mol. The van der Waals surface area contributed by atoms with Gasteiger partial charge in [0.25, 0.3) is 0 Å². The Morgan fingerprint density at radius 3 is 2.43 bits per heavy atom. The molecule has 0 aliphatic rings. The molecule has 5 nitrogen and oxygen atoms in total. The van der Waals surface area contributed by atoms with Gasteiger partial charge in [0.15, 0.2) is 5.82 Å². The third-order valence-corrected chi connectivity index (χ3v) is 3.39. The zero-order valence-electron chi connectivity index (χ0n) is 12.5. The van der Waals surface area contributed by atoms with Crippen molar-refractivity contribution >= 4 is 23.2 Å². The Morgan fingerprint density at radius 1 is 1.22 bits per heavy atom. The summed E-state index contributed by atoms with van der Waals surface area (Å²) in [7, 11) is 0. The van der Waals surface area contributed by atoms with E-state index in [1.807, 2.05) is 0 Å². The zero-order valence-corrected chi connectivity index (χ0v) is 12.5. The maximum absolute atomic E-state index is 14.3. The molecule has 0 saturated carbocycles. The molecule has 0 saturated heterocycles. The molecule has 4 N–H and O–H groups in total. The fourth-order valence-electron chi connectivity index (χ4n) is 2.16. The number of carbonyl (C=O) groups is 1. The first-order valence-electron chi connectivity index (χ1n) is 7.00. The van der Waals surface area contributed by atoms with Crippen LogP contribution in [0.4, 0.5) is 30.6 Å². The van der Waals surface area contributed by atoms with E-state index in [4.69, 9.17) is 10.8 Å². The Labute approximate surface area is 132 Å². The number of hydrogen-bond acceptors (Lipinski definition) is 3. The molecule has 0 fully saturated rings. The number of amides is 1. The van der Waals surface area contributed by atoms with E-state index in [2.05, 4.69) is 5.32 Å². The first-order chi connectivity index (χ1) is 10.9. The van der Waals surface area contributed by atoms with Crippen LogP contribution in [-0.4, -0.2) is 17.7 Å². The van der Waals surface area contributed by atoms with E-state index in [0.717, 1.165) is 10.5 Å². The van der Waals surface area contributed by atoms with Crippen LogP contribution >= 0.6 is 0 Å². The molecule has 23 heavy (non-hydrogen) atoms. The van der Waals surface area contributed by atoms with Crippen LogP contribution in [0, 0.1) is 11.6 Å². The Hall–Kier alpha value is -2.83. The quantitative estimate of drug-likeness (QED) is 0.734. The van der Waals surface area contributed by atoms with Gasteiger partial charge in [-0.1, -0.05) is 12.1 Å². The molecule has 2 aromatic rings. The van der Waals surface area contributed by atoms with Gasteiger partial charge >= 0.3 is 6.09 Å². The molecule has 0 aromatic heterocycles. The number of carboxylic acid groups (broad SMARTS) is 1. The highest BCUT2D eigenvalue weighted by Gasteiger charge is 2.19. The number of nitrogens with two attached hydrogens (primary N) is 1. The van der Waals surface area contributed by atoms with Crippen LogP contribution in [0.15, 0.2) is 36.4 Å². The summed E-state index contributed by atoms with van der Waals surface area (Å²) < 4.78 is 27.2. The Morgan fingerprint density at radius 2 is 1.87 bits per heavy atom. The molecule has 7 heteroatoms. The molecular formula is C16H17F2N3O2. The summed E-state index contributed by atoms with van der Waals surface area (Å²) >= 11 is 0. The summed E-state index contributed by atoms with van der Waals surface area (Å²) in [5, 5.41) is 11.9. The van der Waals surface area contributed by atoms with Crippen LogP contribution in [0.5, 0.6) is 0 Å². The second kappa shape index (κ2) is 6.95. The van der Waals surface area contributed by atoms with Gasteiger partial charge in [0, 0.05) is 13.1 Å². The van der Waals surface area contributed by atoms with Gasteiger partial charge in [-0.05, 0) is 36.8 Å². The van der Waals surface area contributed by atoms with Gasteiger partial charge in [-0.3, -0.25) is 4.90 Å². The predicted molar refractivity (Wildman–Crippen MR) is 85.6 cm³/mol. The van der Waals surface area contributed by atoms with Gasteiger partial charge in [0.05, 0.1) is 17.1 Å². The smallest absolute Gasteiger partial charge is 0.411 e. The molecule has 0 heterocycles. The maximum Gasteiger partial charge on any atom is 0.411 e. The van der Waals surface area contributed by atoms with E-state index in [1.54, 1.807) is 19.1 Å². The molecule has 0 bridgehead atoms. The largest absolute Gasteiger partial charge is 0.465 e. The molecule has 2 rings (SSSR count). The Bertz CT molecular complexity index is 705. The molecular weight excluding hydrogens is 304 g/mol. The van der Waals surface area contributed by atoms with Gasteiger partial charge in [-0.2, -0.15) is 0 Å². The highest BCUT2D eigenvalue weighted by Crippen LogP contribution is 2.31. The van der Waals surface area contributed by atoms with Crippen molar-refractivity contribution < 1.29 is 18.7 Å². The summed E-state index contributed by atoms with van der Waals surface area (Å²) in [6, 6.07) is 8.68. The van der Waals surface area contributed by atoms with Crippen molar-refractivity contribution in [3.63, 3.8) is 0 Å². The van der Waals surface area contributed by atoms with Crippen molar-refractivity contribution in [2.75, 3.05) is 22.5 Å². The van der Waals surface area contributed by atoms with Crippen LogP contribution in [0.3, 0.4) is 0 Å². The van der Waals surface area contributed by atoms with Crippen LogP contribution in [-0.2, 0) is 6.54 Å². The number of hydrogen-bond donors (Lipinski definition) is 3. The minimum Gasteiger partial charge on any atom is -0.465 e. The molecule has 0 unspecified atom stereocenters. The minimum atomic E-state index is -1.20. The number of rotatable bonds is 5. The molecule has 0 aliphatic carbocycles. The molecule has 0 radical (unpaired) electrons. The number of nitrogen functional groups attached to an aromatic ring is 1. The lowest BCUT2D eigenvalue weighted by Gasteiger charge is -2.20. The average molecular weight is 321 g/mol. The highest BCUT2D eigenvalue weighted by atomic mass is 19.1. The second-order valence-electron chi connectivity index (χ2n) is 4.87. The number of anilines is 3. The van der Waals surface area contributed by atoms with Crippen molar-refractivity contribution in [3.05, 3.63) is 53.6 Å². The van der Waals surface area contributed by atoms with Gasteiger partial charge in [0.2, 0.25) is 0 Å². The lowest BCUT2D eigenvalue weighted by molar-refractivity contribution is 0.202.